The molecule has 0 saturated heterocycles. The van der Waals surface area contributed by atoms with E-state index in [-0.39, 0.29) is 0 Å². The van der Waals surface area contributed by atoms with Crippen LogP contribution in [0.25, 0.3) is 0 Å². The molecule has 1 rings (SSSR count). The summed E-state index contributed by atoms with van der Waals surface area (Å²) in [5, 5.41) is 8.49. The molecule has 0 saturated carbocycles. The number of hydrogen-bond donors (Lipinski definition) is 1. The molecule has 0 bridgehead atoms. The van der Waals surface area contributed by atoms with Gasteiger partial charge in [0, 0.05) is 0 Å². The lowest BCUT2D eigenvalue weighted by molar-refractivity contribution is 0.0687. The largest absolute Gasteiger partial charge is 0.480 e. The smallest absolute Gasteiger partial charge is 0.356 e. The number of aromatic carboxylic acids is 1. The van der Waals surface area contributed by atoms with Crippen molar-refractivity contribution in [2.75, 3.05) is 7.11 Å². The zero-order valence-corrected chi connectivity index (χ0v) is 7.07. The summed E-state index contributed by atoms with van der Waals surface area (Å²) in [5.74, 6) is -1.82. The molecule has 1 aromatic rings. The summed E-state index contributed by atoms with van der Waals surface area (Å²) in [4.78, 5) is 17.0. The highest BCUT2D eigenvalue weighted by atomic mass is 19.3. The van der Waals surface area contributed by atoms with Gasteiger partial charge in [-0.3, -0.25) is 0 Å². The van der Waals surface area contributed by atoms with Gasteiger partial charge in [-0.25, -0.2) is 23.5 Å². The first kappa shape index (κ1) is 10.3. The average Bonchev–Trinajstić information content (AvgIpc) is 2.16. The number of carbonyl (C=O) groups is 1. The van der Waals surface area contributed by atoms with Crippen LogP contribution in [0.3, 0.4) is 0 Å². The predicted molar refractivity (Wildman–Crippen MR) is 40.5 cm³/mol. The van der Waals surface area contributed by atoms with Crippen LogP contribution in [0.4, 0.5) is 8.78 Å². The Hall–Kier alpha value is -1.79. The van der Waals surface area contributed by atoms with Crippen molar-refractivity contribution in [1.29, 1.82) is 0 Å². The van der Waals surface area contributed by atoms with Crippen LogP contribution in [-0.4, -0.2) is 28.2 Å². The summed E-state index contributed by atoms with van der Waals surface area (Å²) in [6.45, 7) is 0. The van der Waals surface area contributed by atoms with Gasteiger partial charge in [-0.2, -0.15) is 0 Å². The lowest BCUT2D eigenvalue weighted by Gasteiger charge is -2.05. The van der Waals surface area contributed by atoms with Crippen LogP contribution in [0.1, 0.15) is 22.6 Å². The first-order chi connectivity index (χ1) is 6.56. The molecule has 0 radical (unpaired) electrons. The number of hydrogen-bond acceptors (Lipinski definition) is 4. The molecule has 0 atom stereocenters. The van der Waals surface area contributed by atoms with Crippen LogP contribution in [0.15, 0.2) is 6.20 Å². The SMILES string of the molecule is COc1nc(C(=O)O)cnc1C(F)F. The Balaban J connectivity index is 3.18. The zero-order chi connectivity index (χ0) is 10.7. The van der Waals surface area contributed by atoms with E-state index in [2.05, 4.69) is 14.7 Å². The maximum Gasteiger partial charge on any atom is 0.356 e. The van der Waals surface area contributed by atoms with E-state index < -0.39 is 29.7 Å². The normalized spacial score (nSPS) is 10.3. The van der Waals surface area contributed by atoms with Crippen LogP contribution in [0.5, 0.6) is 5.88 Å². The van der Waals surface area contributed by atoms with Gasteiger partial charge in [0.15, 0.2) is 11.4 Å². The van der Waals surface area contributed by atoms with Crippen molar-refractivity contribution in [2.24, 2.45) is 0 Å². The van der Waals surface area contributed by atoms with E-state index >= 15 is 0 Å². The molecule has 0 unspecified atom stereocenters. The van der Waals surface area contributed by atoms with Crippen LogP contribution in [0.2, 0.25) is 0 Å². The maximum atomic E-state index is 12.2. The number of carboxylic acid groups (broad SMARTS) is 1. The Morgan fingerprint density at radius 3 is 2.71 bits per heavy atom. The number of alkyl halides is 2. The van der Waals surface area contributed by atoms with Crippen LogP contribution >= 0.6 is 0 Å². The summed E-state index contributed by atoms with van der Waals surface area (Å²) >= 11 is 0. The predicted octanol–water partition coefficient (Wildman–Crippen LogP) is 1.12. The first-order valence-corrected chi connectivity index (χ1v) is 3.48. The van der Waals surface area contributed by atoms with Crippen LogP contribution in [0, 0.1) is 0 Å². The third-order valence-corrected chi connectivity index (χ3v) is 1.39. The Labute approximate surface area is 77.4 Å². The lowest BCUT2D eigenvalue weighted by Crippen LogP contribution is -2.06. The standard InChI is InChI=1S/C7H6F2N2O3/c1-14-6-4(5(8)9)10-2-3(11-6)7(12)13/h2,5H,1H3,(H,12,13). The van der Waals surface area contributed by atoms with Gasteiger partial charge in [-0.1, -0.05) is 0 Å². The van der Waals surface area contributed by atoms with Crippen LogP contribution in [-0.2, 0) is 0 Å². The molecular formula is C7H6F2N2O3. The summed E-state index contributed by atoms with van der Waals surface area (Å²) in [6.07, 6.45) is -2.09. The third-order valence-electron chi connectivity index (χ3n) is 1.39. The Bertz CT molecular complexity index is 357. The number of nitrogens with zero attached hydrogens (tertiary/aromatic N) is 2. The van der Waals surface area contributed by atoms with Crippen molar-refractivity contribution in [3.05, 3.63) is 17.6 Å². The van der Waals surface area contributed by atoms with Gasteiger partial charge in [-0.05, 0) is 0 Å². The van der Waals surface area contributed by atoms with Crippen LogP contribution < -0.4 is 4.74 Å². The Morgan fingerprint density at radius 1 is 1.64 bits per heavy atom. The molecule has 0 aliphatic heterocycles. The first-order valence-electron chi connectivity index (χ1n) is 3.48. The number of ether oxygens (including phenoxy) is 1. The van der Waals surface area contributed by atoms with Gasteiger partial charge < -0.3 is 9.84 Å². The highest BCUT2D eigenvalue weighted by molar-refractivity contribution is 5.85. The van der Waals surface area contributed by atoms with Gasteiger partial charge in [0.1, 0.15) is 0 Å². The number of aromatic nitrogens is 2. The van der Waals surface area contributed by atoms with E-state index in [9.17, 15) is 13.6 Å². The molecule has 0 spiro atoms. The van der Waals surface area contributed by atoms with Crippen molar-refractivity contribution in [3.63, 3.8) is 0 Å². The number of rotatable bonds is 3. The van der Waals surface area contributed by atoms with Crippen molar-refractivity contribution < 1.29 is 23.4 Å². The van der Waals surface area contributed by atoms with Gasteiger partial charge >= 0.3 is 5.97 Å². The molecule has 0 aliphatic carbocycles. The molecular weight excluding hydrogens is 198 g/mol. The fourth-order valence-corrected chi connectivity index (χ4v) is 0.784. The van der Waals surface area contributed by atoms with E-state index in [4.69, 9.17) is 5.11 Å². The van der Waals surface area contributed by atoms with Gasteiger partial charge in [0.25, 0.3) is 6.43 Å². The van der Waals surface area contributed by atoms with E-state index in [1.54, 1.807) is 0 Å². The van der Waals surface area contributed by atoms with Gasteiger partial charge in [0.05, 0.1) is 13.3 Å². The number of methoxy groups -OCH3 is 1. The minimum atomic E-state index is -2.85. The number of carboxylic acids is 1. The van der Waals surface area contributed by atoms with Crippen molar-refractivity contribution >= 4 is 5.97 Å². The van der Waals surface area contributed by atoms with Crippen molar-refractivity contribution in [2.45, 2.75) is 6.43 Å². The molecule has 0 aliphatic rings. The zero-order valence-electron chi connectivity index (χ0n) is 7.07. The number of halogens is 2. The molecule has 76 valence electrons. The molecule has 1 heterocycles. The Morgan fingerprint density at radius 2 is 2.29 bits per heavy atom. The Kier molecular flexibility index (Phi) is 2.90. The van der Waals surface area contributed by atoms with E-state index in [0.717, 1.165) is 13.3 Å². The minimum Gasteiger partial charge on any atom is -0.480 e. The molecule has 0 amide bonds. The maximum absolute atomic E-state index is 12.2. The lowest BCUT2D eigenvalue weighted by atomic mass is 10.4. The molecule has 1 N–H and O–H groups in total. The summed E-state index contributed by atoms with van der Waals surface area (Å²) in [5.41, 5.74) is -1.11. The highest BCUT2D eigenvalue weighted by Gasteiger charge is 2.19. The molecule has 0 aromatic carbocycles. The fourth-order valence-electron chi connectivity index (χ4n) is 0.784. The van der Waals surface area contributed by atoms with Crippen molar-refractivity contribution in [3.8, 4) is 5.88 Å². The second-order valence-corrected chi connectivity index (χ2v) is 2.26. The van der Waals surface area contributed by atoms with E-state index in [1.807, 2.05) is 0 Å². The second kappa shape index (κ2) is 3.95. The summed E-state index contributed by atoms with van der Waals surface area (Å²) in [7, 11) is 1.11. The molecule has 7 heteroatoms. The molecule has 5 nitrogen and oxygen atoms in total. The summed E-state index contributed by atoms with van der Waals surface area (Å²) < 4.78 is 28.9. The monoisotopic (exact) mass is 204 g/mol. The second-order valence-electron chi connectivity index (χ2n) is 2.26. The minimum absolute atomic E-state index is 0.439. The fraction of sp³-hybridized carbons (Fsp3) is 0.286. The van der Waals surface area contributed by atoms with E-state index in [1.165, 1.54) is 0 Å². The molecule has 14 heavy (non-hydrogen) atoms. The van der Waals surface area contributed by atoms with Crippen molar-refractivity contribution in [1.82, 2.24) is 9.97 Å². The van der Waals surface area contributed by atoms with E-state index in [0.29, 0.717) is 0 Å². The molecule has 0 fully saturated rings. The molecule has 1 aromatic heterocycles. The van der Waals surface area contributed by atoms with Gasteiger partial charge in [0.2, 0.25) is 5.88 Å². The van der Waals surface area contributed by atoms with Gasteiger partial charge in [-0.15, -0.1) is 0 Å². The quantitative estimate of drug-likeness (QED) is 0.798. The average molecular weight is 204 g/mol. The topological polar surface area (TPSA) is 72.3 Å². The third kappa shape index (κ3) is 1.93. The highest BCUT2D eigenvalue weighted by Crippen LogP contribution is 2.24. The summed E-state index contributed by atoms with van der Waals surface area (Å²) in [6, 6.07) is 0.